The van der Waals surface area contributed by atoms with Gasteiger partial charge in [0.1, 0.15) is 34.6 Å². The number of rotatable bonds is 13. The molecular formula is C33H36N2O5. The van der Waals surface area contributed by atoms with E-state index in [0.717, 1.165) is 36.1 Å². The van der Waals surface area contributed by atoms with Crippen LogP contribution in [-0.4, -0.2) is 19.2 Å². The number of benzene rings is 3. The topological polar surface area (TPSA) is 104 Å². The molecule has 0 amide bonds. The Balaban J connectivity index is 1.49. The number of allylic oxidation sites excluding steroid dienone is 1. The average Bonchev–Trinajstić information content (AvgIpc) is 2.97. The molecule has 0 spiro atoms. The van der Waals surface area contributed by atoms with Crippen LogP contribution in [0.4, 0.5) is 0 Å². The summed E-state index contributed by atoms with van der Waals surface area (Å²) in [6, 6.07) is 21.9. The van der Waals surface area contributed by atoms with Crippen LogP contribution >= 0.6 is 0 Å². The first-order valence-electron chi connectivity index (χ1n) is 13.9. The number of esters is 1. The number of nitrogens with two attached hydrogens (primary N) is 1. The van der Waals surface area contributed by atoms with Gasteiger partial charge in [0.2, 0.25) is 5.88 Å². The molecule has 7 nitrogen and oxygen atoms in total. The first-order chi connectivity index (χ1) is 19.5. The molecule has 0 saturated heterocycles. The minimum Gasteiger partial charge on any atom is -0.494 e. The summed E-state index contributed by atoms with van der Waals surface area (Å²) < 4.78 is 22.9. The van der Waals surface area contributed by atoms with Crippen molar-refractivity contribution in [2.45, 2.75) is 58.3 Å². The molecule has 4 rings (SSSR count). The molecule has 0 aromatic heterocycles. The van der Waals surface area contributed by atoms with Gasteiger partial charge in [-0.3, -0.25) is 0 Å². The van der Waals surface area contributed by atoms with Crippen LogP contribution in [0, 0.1) is 11.3 Å². The Bertz CT molecular complexity index is 1370. The van der Waals surface area contributed by atoms with Crippen LogP contribution in [0.25, 0.3) is 0 Å². The van der Waals surface area contributed by atoms with Gasteiger partial charge in [-0.1, -0.05) is 63.8 Å². The quantitative estimate of drug-likeness (QED) is 0.138. The molecule has 1 heterocycles. The fourth-order valence-electron chi connectivity index (χ4n) is 4.59. The van der Waals surface area contributed by atoms with Crippen LogP contribution in [0.15, 0.2) is 78.2 Å². The van der Waals surface area contributed by atoms with Crippen molar-refractivity contribution >= 4 is 5.97 Å². The SMILES string of the molecule is CCCCCCCOc1ccc(C2C(C#N)=C(N)Oc3cc(OC(=O)c4cccc(OCCC)c4)ccc32)cc1. The Labute approximate surface area is 236 Å². The highest BCUT2D eigenvalue weighted by Gasteiger charge is 2.31. The highest BCUT2D eigenvalue weighted by molar-refractivity contribution is 5.91. The lowest BCUT2D eigenvalue weighted by molar-refractivity contribution is 0.0734. The van der Waals surface area contributed by atoms with Crippen molar-refractivity contribution in [2.75, 3.05) is 13.2 Å². The van der Waals surface area contributed by atoms with Gasteiger partial charge in [-0.25, -0.2) is 4.79 Å². The number of nitriles is 1. The van der Waals surface area contributed by atoms with E-state index < -0.39 is 11.9 Å². The largest absolute Gasteiger partial charge is 0.494 e. The molecule has 7 heteroatoms. The van der Waals surface area contributed by atoms with Crippen molar-refractivity contribution in [1.82, 2.24) is 0 Å². The number of ether oxygens (including phenoxy) is 4. The predicted octanol–water partition coefficient (Wildman–Crippen LogP) is 7.26. The Morgan fingerprint density at radius 1 is 0.875 bits per heavy atom. The summed E-state index contributed by atoms with van der Waals surface area (Å²) >= 11 is 0. The van der Waals surface area contributed by atoms with Crippen LogP contribution in [-0.2, 0) is 0 Å². The highest BCUT2D eigenvalue weighted by Crippen LogP contribution is 2.43. The summed E-state index contributed by atoms with van der Waals surface area (Å²) in [5.74, 6) is 1.21. The van der Waals surface area contributed by atoms with Gasteiger partial charge in [-0.2, -0.15) is 5.26 Å². The minimum absolute atomic E-state index is 0.0247. The number of carbonyl (C=O) groups excluding carboxylic acids is 1. The maximum atomic E-state index is 12.8. The standard InChI is InChI=1S/C33H36N2O5/c1-3-5-6-7-8-19-38-25-14-12-23(13-15-25)31-28-17-16-27(21-30(28)40-32(35)29(31)22-34)39-33(36)24-10-9-11-26(20-24)37-18-4-2/h9-17,20-21,31H,3-8,18-19,35H2,1-2H3. The number of nitrogens with zero attached hydrogens (tertiary/aromatic N) is 1. The van der Waals surface area contributed by atoms with E-state index in [1.807, 2.05) is 31.2 Å². The van der Waals surface area contributed by atoms with Gasteiger partial charge >= 0.3 is 5.97 Å². The van der Waals surface area contributed by atoms with Crippen LogP contribution < -0.4 is 24.7 Å². The fraction of sp³-hybridized carbons (Fsp3) is 0.333. The lowest BCUT2D eigenvalue weighted by Crippen LogP contribution is -2.21. The van der Waals surface area contributed by atoms with Gasteiger partial charge in [-0.15, -0.1) is 0 Å². The summed E-state index contributed by atoms with van der Waals surface area (Å²) in [5.41, 5.74) is 8.50. The van der Waals surface area contributed by atoms with Gasteiger partial charge < -0.3 is 24.7 Å². The molecule has 208 valence electrons. The van der Waals surface area contributed by atoms with E-state index in [2.05, 4.69) is 13.0 Å². The second kappa shape index (κ2) is 14.1. The number of hydrogen-bond donors (Lipinski definition) is 1. The third-order valence-corrected chi connectivity index (χ3v) is 6.67. The molecule has 2 N–H and O–H groups in total. The van der Waals surface area contributed by atoms with Crippen LogP contribution in [0.1, 0.15) is 79.8 Å². The fourth-order valence-corrected chi connectivity index (χ4v) is 4.59. The summed E-state index contributed by atoms with van der Waals surface area (Å²) in [5, 5.41) is 9.88. The molecule has 1 aliphatic heterocycles. The molecule has 0 bridgehead atoms. The highest BCUT2D eigenvalue weighted by atomic mass is 16.5. The van der Waals surface area contributed by atoms with Crippen molar-refractivity contribution in [2.24, 2.45) is 5.73 Å². The number of unbranched alkanes of at least 4 members (excludes halogenated alkanes) is 4. The molecular weight excluding hydrogens is 504 g/mol. The smallest absolute Gasteiger partial charge is 0.343 e. The maximum Gasteiger partial charge on any atom is 0.343 e. The molecule has 1 unspecified atom stereocenters. The molecule has 0 radical (unpaired) electrons. The van der Waals surface area contributed by atoms with Gasteiger partial charge in [-0.05, 0) is 54.8 Å². The van der Waals surface area contributed by atoms with Crippen LogP contribution in [0.3, 0.4) is 0 Å². The Kier molecular flexibility index (Phi) is 10.1. The van der Waals surface area contributed by atoms with Crippen molar-refractivity contribution in [3.8, 4) is 29.1 Å². The second-order valence-corrected chi connectivity index (χ2v) is 9.72. The molecule has 0 aliphatic carbocycles. The monoisotopic (exact) mass is 540 g/mol. The summed E-state index contributed by atoms with van der Waals surface area (Å²) in [6.45, 7) is 5.46. The molecule has 0 fully saturated rings. The normalized spacial score (nSPS) is 14.1. The Hall–Kier alpha value is -4.44. The third-order valence-electron chi connectivity index (χ3n) is 6.67. The molecule has 3 aromatic carbocycles. The molecule has 0 saturated carbocycles. The van der Waals surface area contributed by atoms with E-state index in [1.165, 1.54) is 19.3 Å². The zero-order valence-corrected chi connectivity index (χ0v) is 23.2. The number of hydrogen-bond acceptors (Lipinski definition) is 7. The molecule has 3 aromatic rings. The lowest BCUT2D eigenvalue weighted by Gasteiger charge is -2.26. The lowest BCUT2D eigenvalue weighted by atomic mass is 9.83. The van der Waals surface area contributed by atoms with E-state index in [0.29, 0.717) is 41.6 Å². The molecule has 40 heavy (non-hydrogen) atoms. The van der Waals surface area contributed by atoms with E-state index >= 15 is 0 Å². The predicted molar refractivity (Wildman–Crippen MR) is 154 cm³/mol. The van der Waals surface area contributed by atoms with E-state index in [-0.39, 0.29) is 5.88 Å². The van der Waals surface area contributed by atoms with E-state index in [9.17, 15) is 10.1 Å². The molecule has 1 aliphatic rings. The summed E-state index contributed by atoms with van der Waals surface area (Å²) in [4.78, 5) is 12.8. The van der Waals surface area contributed by atoms with E-state index in [1.54, 1.807) is 42.5 Å². The zero-order valence-electron chi connectivity index (χ0n) is 23.2. The van der Waals surface area contributed by atoms with E-state index in [4.69, 9.17) is 24.7 Å². The maximum absolute atomic E-state index is 12.8. The van der Waals surface area contributed by atoms with Crippen molar-refractivity contribution in [1.29, 1.82) is 5.26 Å². The first-order valence-corrected chi connectivity index (χ1v) is 13.9. The van der Waals surface area contributed by atoms with Crippen molar-refractivity contribution in [3.05, 3.63) is 94.9 Å². The van der Waals surface area contributed by atoms with Crippen LogP contribution in [0.2, 0.25) is 0 Å². The van der Waals surface area contributed by atoms with Gasteiger partial charge in [0.25, 0.3) is 0 Å². The summed E-state index contributed by atoms with van der Waals surface area (Å²) in [6.07, 6.45) is 6.76. The van der Waals surface area contributed by atoms with Gasteiger partial charge in [0, 0.05) is 11.6 Å². The third kappa shape index (κ3) is 7.15. The molecule has 1 atom stereocenters. The summed E-state index contributed by atoms with van der Waals surface area (Å²) in [7, 11) is 0. The van der Waals surface area contributed by atoms with Gasteiger partial charge in [0.05, 0.1) is 24.7 Å². The minimum atomic E-state index is -0.517. The number of fused-ring (bicyclic) bond motifs is 1. The second-order valence-electron chi connectivity index (χ2n) is 9.72. The Morgan fingerprint density at radius 2 is 1.62 bits per heavy atom. The van der Waals surface area contributed by atoms with Gasteiger partial charge in [0.15, 0.2) is 0 Å². The number of carbonyl (C=O) groups is 1. The first kappa shape index (κ1) is 28.6. The van der Waals surface area contributed by atoms with Crippen molar-refractivity contribution in [3.63, 3.8) is 0 Å². The zero-order chi connectivity index (χ0) is 28.3. The van der Waals surface area contributed by atoms with Crippen LogP contribution in [0.5, 0.6) is 23.0 Å². The average molecular weight is 541 g/mol. The van der Waals surface area contributed by atoms with Crippen molar-refractivity contribution < 1.29 is 23.7 Å². The Morgan fingerprint density at radius 3 is 2.38 bits per heavy atom.